The second kappa shape index (κ2) is 8.87. The van der Waals surface area contributed by atoms with Gasteiger partial charge in [-0.15, -0.1) is 0 Å². The number of anilines is 2. The number of pyridine rings is 1. The summed E-state index contributed by atoms with van der Waals surface area (Å²) in [6, 6.07) is 11.5. The zero-order chi connectivity index (χ0) is 20.1. The van der Waals surface area contributed by atoms with Gasteiger partial charge in [0.1, 0.15) is 5.82 Å². The van der Waals surface area contributed by atoms with E-state index in [4.69, 9.17) is 0 Å². The molecule has 0 N–H and O–H groups in total. The Morgan fingerprint density at radius 3 is 2.04 bits per heavy atom. The molecule has 2 aromatic rings. The molecule has 6 heteroatoms. The van der Waals surface area contributed by atoms with Crippen molar-refractivity contribution >= 4 is 23.2 Å². The Bertz CT molecular complexity index is 805. The Morgan fingerprint density at radius 2 is 1.54 bits per heavy atom. The molecule has 1 saturated heterocycles. The van der Waals surface area contributed by atoms with Gasteiger partial charge in [0.2, 0.25) is 0 Å². The number of hydrogen-bond acceptors (Lipinski definition) is 5. The second-order valence-corrected chi connectivity index (χ2v) is 6.96. The van der Waals surface area contributed by atoms with E-state index in [0.29, 0.717) is 18.7 Å². The number of aromatic nitrogens is 1. The number of benzene rings is 1. The summed E-state index contributed by atoms with van der Waals surface area (Å²) in [5.41, 5.74) is 2.44. The number of ketones is 1. The molecule has 0 aliphatic carbocycles. The minimum atomic E-state index is 0.0326. The summed E-state index contributed by atoms with van der Waals surface area (Å²) >= 11 is 0. The Morgan fingerprint density at radius 1 is 0.929 bits per heavy atom. The van der Waals surface area contributed by atoms with E-state index in [1.807, 2.05) is 41.3 Å². The first-order chi connectivity index (χ1) is 13.5. The lowest BCUT2D eigenvalue weighted by atomic mass is 10.1. The highest BCUT2D eigenvalue weighted by atomic mass is 16.2. The third-order valence-corrected chi connectivity index (χ3v) is 5.29. The number of rotatable bonds is 6. The second-order valence-electron chi connectivity index (χ2n) is 6.96. The zero-order valence-corrected chi connectivity index (χ0v) is 16.9. The molecule has 1 aromatic heterocycles. The van der Waals surface area contributed by atoms with E-state index in [1.165, 1.54) is 0 Å². The molecule has 1 fully saturated rings. The minimum Gasteiger partial charge on any atom is -0.368 e. The highest BCUT2D eigenvalue weighted by Crippen LogP contribution is 2.19. The summed E-state index contributed by atoms with van der Waals surface area (Å²) in [4.78, 5) is 35.0. The van der Waals surface area contributed by atoms with Crippen LogP contribution >= 0.6 is 0 Å². The van der Waals surface area contributed by atoms with Crippen LogP contribution in [0.25, 0.3) is 0 Å². The van der Waals surface area contributed by atoms with Gasteiger partial charge in [0, 0.05) is 56.7 Å². The molecule has 1 aliphatic heterocycles. The van der Waals surface area contributed by atoms with E-state index in [1.54, 1.807) is 13.1 Å². The number of nitrogens with zero attached hydrogens (tertiary/aromatic N) is 4. The number of hydrogen-bond donors (Lipinski definition) is 0. The molecule has 1 aromatic carbocycles. The van der Waals surface area contributed by atoms with E-state index >= 15 is 0 Å². The maximum absolute atomic E-state index is 12.8. The summed E-state index contributed by atoms with van der Waals surface area (Å²) in [6.45, 7) is 10.4. The minimum absolute atomic E-state index is 0.0326. The van der Waals surface area contributed by atoms with E-state index in [0.717, 1.165) is 43.2 Å². The SMILES string of the molecule is CCN(CC)c1ccc(C(=O)N2CCN(c3ccc(C(C)=O)cc3)CC2)cn1. The predicted octanol–water partition coefficient (Wildman–Crippen LogP) is 3.09. The van der Waals surface area contributed by atoms with Gasteiger partial charge in [-0.05, 0) is 57.2 Å². The fourth-order valence-corrected chi connectivity index (χ4v) is 3.50. The lowest BCUT2D eigenvalue weighted by molar-refractivity contribution is 0.0746. The van der Waals surface area contributed by atoms with Gasteiger partial charge < -0.3 is 14.7 Å². The van der Waals surface area contributed by atoms with Gasteiger partial charge in [-0.2, -0.15) is 0 Å². The van der Waals surface area contributed by atoms with E-state index in [2.05, 4.69) is 28.6 Å². The molecule has 6 nitrogen and oxygen atoms in total. The molecular weight excluding hydrogens is 352 g/mol. The molecule has 0 spiro atoms. The highest BCUT2D eigenvalue weighted by molar-refractivity contribution is 5.95. The number of Topliss-reactive ketones (excluding diaryl/α,β-unsaturated/α-hetero) is 1. The molecule has 3 rings (SSSR count). The molecule has 0 saturated carbocycles. The molecular formula is C22H28N4O2. The van der Waals surface area contributed by atoms with Crippen LogP contribution in [0.5, 0.6) is 0 Å². The van der Waals surface area contributed by atoms with Crippen molar-refractivity contribution in [3.8, 4) is 0 Å². The van der Waals surface area contributed by atoms with Gasteiger partial charge in [-0.25, -0.2) is 4.98 Å². The van der Waals surface area contributed by atoms with Crippen molar-refractivity contribution in [2.45, 2.75) is 20.8 Å². The number of carbonyl (C=O) groups is 2. The normalized spacial score (nSPS) is 14.1. The van der Waals surface area contributed by atoms with Gasteiger partial charge in [0.15, 0.2) is 5.78 Å². The Hall–Kier alpha value is -2.89. The van der Waals surface area contributed by atoms with Crippen molar-refractivity contribution in [3.63, 3.8) is 0 Å². The van der Waals surface area contributed by atoms with Gasteiger partial charge in [-0.3, -0.25) is 9.59 Å². The van der Waals surface area contributed by atoms with Crippen molar-refractivity contribution in [2.24, 2.45) is 0 Å². The molecule has 0 radical (unpaired) electrons. The maximum atomic E-state index is 12.8. The van der Waals surface area contributed by atoms with Crippen LogP contribution in [0.4, 0.5) is 11.5 Å². The number of carbonyl (C=O) groups excluding carboxylic acids is 2. The molecule has 0 bridgehead atoms. The van der Waals surface area contributed by atoms with Crippen molar-refractivity contribution in [2.75, 3.05) is 49.1 Å². The predicted molar refractivity (Wildman–Crippen MR) is 112 cm³/mol. The fraction of sp³-hybridized carbons (Fsp3) is 0.409. The first-order valence-electron chi connectivity index (χ1n) is 9.89. The Balaban J connectivity index is 1.59. The van der Waals surface area contributed by atoms with Crippen LogP contribution in [0.3, 0.4) is 0 Å². The van der Waals surface area contributed by atoms with Crippen molar-refractivity contribution in [3.05, 3.63) is 53.7 Å². The van der Waals surface area contributed by atoms with E-state index in [9.17, 15) is 9.59 Å². The Labute approximate surface area is 166 Å². The van der Waals surface area contributed by atoms with Gasteiger partial charge in [-0.1, -0.05) is 0 Å². The van der Waals surface area contributed by atoms with Crippen molar-refractivity contribution < 1.29 is 9.59 Å². The summed E-state index contributed by atoms with van der Waals surface area (Å²) < 4.78 is 0. The average molecular weight is 380 g/mol. The fourth-order valence-electron chi connectivity index (χ4n) is 3.50. The van der Waals surface area contributed by atoms with Crippen LogP contribution in [0.1, 0.15) is 41.5 Å². The van der Waals surface area contributed by atoms with E-state index in [-0.39, 0.29) is 11.7 Å². The maximum Gasteiger partial charge on any atom is 0.255 e. The molecule has 28 heavy (non-hydrogen) atoms. The summed E-state index contributed by atoms with van der Waals surface area (Å²) in [6.07, 6.45) is 1.68. The number of piperazine rings is 1. The lowest BCUT2D eigenvalue weighted by Crippen LogP contribution is -2.48. The highest BCUT2D eigenvalue weighted by Gasteiger charge is 2.22. The van der Waals surface area contributed by atoms with Gasteiger partial charge in [0.05, 0.1) is 5.56 Å². The monoisotopic (exact) mass is 380 g/mol. The summed E-state index contributed by atoms with van der Waals surface area (Å²) in [7, 11) is 0. The summed E-state index contributed by atoms with van der Waals surface area (Å²) in [5, 5.41) is 0. The molecule has 1 amide bonds. The molecule has 148 valence electrons. The smallest absolute Gasteiger partial charge is 0.255 e. The van der Waals surface area contributed by atoms with E-state index < -0.39 is 0 Å². The molecule has 0 unspecified atom stereocenters. The van der Waals surface area contributed by atoms with Crippen LogP contribution in [-0.4, -0.2) is 60.8 Å². The topological polar surface area (TPSA) is 56.8 Å². The quantitative estimate of drug-likeness (QED) is 0.721. The van der Waals surface area contributed by atoms with Gasteiger partial charge >= 0.3 is 0 Å². The average Bonchev–Trinajstić information content (AvgIpc) is 2.75. The number of amides is 1. The lowest BCUT2D eigenvalue weighted by Gasteiger charge is -2.36. The van der Waals surface area contributed by atoms with Gasteiger partial charge in [0.25, 0.3) is 5.91 Å². The van der Waals surface area contributed by atoms with Crippen molar-refractivity contribution in [1.29, 1.82) is 0 Å². The van der Waals surface area contributed by atoms with Crippen molar-refractivity contribution in [1.82, 2.24) is 9.88 Å². The Kier molecular flexibility index (Phi) is 6.29. The first kappa shape index (κ1) is 19.9. The van der Waals surface area contributed by atoms with Crippen LogP contribution in [0.2, 0.25) is 0 Å². The molecule has 0 atom stereocenters. The van der Waals surface area contributed by atoms with Crippen LogP contribution < -0.4 is 9.80 Å². The summed E-state index contributed by atoms with van der Waals surface area (Å²) in [5.74, 6) is 1.01. The third kappa shape index (κ3) is 4.32. The first-order valence-corrected chi connectivity index (χ1v) is 9.89. The standard InChI is InChI=1S/C22H28N4O2/c1-4-24(5-2)21-11-8-19(16-23-21)22(28)26-14-12-25(13-15-26)20-9-6-18(7-10-20)17(3)27/h6-11,16H,4-5,12-15H2,1-3H3. The van der Waals surface area contributed by atoms with Crippen LogP contribution in [0, 0.1) is 0 Å². The zero-order valence-electron chi connectivity index (χ0n) is 16.9. The molecule has 1 aliphatic rings. The largest absolute Gasteiger partial charge is 0.368 e. The third-order valence-electron chi connectivity index (χ3n) is 5.29. The van der Waals surface area contributed by atoms with Crippen LogP contribution in [-0.2, 0) is 0 Å². The van der Waals surface area contributed by atoms with Crippen LogP contribution in [0.15, 0.2) is 42.6 Å². The molecule has 2 heterocycles.